The van der Waals surface area contributed by atoms with Crippen LogP contribution in [0.25, 0.3) is 0 Å². The number of ketones is 2. The number of ether oxygens (including phenoxy) is 2. The molecule has 2 atom stereocenters. The van der Waals surface area contributed by atoms with Crippen LogP contribution in [0.5, 0.6) is 0 Å². The van der Waals surface area contributed by atoms with Gasteiger partial charge in [0.2, 0.25) is 11.8 Å². The molecule has 0 aromatic rings. The van der Waals surface area contributed by atoms with Crippen LogP contribution >= 0.6 is 0 Å². The Kier molecular flexibility index (Phi) is 20.4. The zero-order valence-corrected chi connectivity index (χ0v) is 18.7. The molecule has 31 heavy (non-hydrogen) atoms. The molecular weight excluding hydrogens is 408 g/mol. The Morgan fingerprint density at radius 2 is 0.935 bits per heavy atom. The van der Waals surface area contributed by atoms with Crippen LogP contribution in [0.2, 0.25) is 0 Å². The summed E-state index contributed by atoms with van der Waals surface area (Å²) in [5, 5.41) is 5.06. The fraction of sp³-hybridized carbons (Fsp3) is 0.714. The molecule has 10 heteroatoms. The molecule has 0 bridgehead atoms. The van der Waals surface area contributed by atoms with Crippen molar-refractivity contribution in [1.29, 1.82) is 0 Å². The van der Waals surface area contributed by atoms with Gasteiger partial charge >= 0.3 is 11.9 Å². The highest BCUT2D eigenvalue weighted by atomic mass is 16.5. The van der Waals surface area contributed by atoms with Gasteiger partial charge in [-0.05, 0) is 40.5 Å². The quantitative estimate of drug-likeness (QED) is 0.429. The number of methoxy groups -OCH3 is 2. The SMILES string of the molecule is C.COC(=O)CCCC(=O)NC(C)C(C)=O.COC(=O)CCCC(=O)NC(C)C(C)=O. The number of hydrogen-bond acceptors (Lipinski definition) is 8. The van der Waals surface area contributed by atoms with Gasteiger partial charge in [-0.3, -0.25) is 28.8 Å². The monoisotopic (exact) mass is 446 g/mol. The van der Waals surface area contributed by atoms with E-state index in [9.17, 15) is 28.8 Å². The minimum Gasteiger partial charge on any atom is -0.469 e. The van der Waals surface area contributed by atoms with Crippen molar-refractivity contribution in [1.82, 2.24) is 10.6 Å². The standard InChI is InChI=1S/2C10H17NO4.CH4/c2*1-7(8(2)12)11-9(13)5-4-6-10(14)15-3;/h2*7H,4-6H2,1-3H3,(H,11,13);1H4. The molecule has 0 aliphatic heterocycles. The third-order valence-electron chi connectivity index (χ3n) is 4.00. The van der Waals surface area contributed by atoms with E-state index in [0.29, 0.717) is 12.8 Å². The predicted molar refractivity (Wildman–Crippen MR) is 115 cm³/mol. The van der Waals surface area contributed by atoms with Gasteiger partial charge in [-0.15, -0.1) is 0 Å². The first kappa shape index (κ1) is 32.9. The van der Waals surface area contributed by atoms with Crippen LogP contribution in [-0.2, 0) is 38.2 Å². The second-order valence-electron chi connectivity index (χ2n) is 6.66. The van der Waals surface area contributed by atoms with E-state index in [1.54, 1.807) is 13.8 Å². The van der Waals surface area contributed by atoms with Crippen LogP contribution in [0, 0.1) is 0 Å². The minimum absolute atomic E-state index is 0. The lowest BCUT2D eigenvalue weighted by atomic mass is 10.2. The van der Waals surface area contributed by atoms with E-state index < -0.39 is 12.1 Å². The smallest absolute Gasteiger partial charge is 0.305 e. The molecule has 0 heterocycles. The predicted octanol–water partition coefficient (Wildman–Crippen LogP) is 1.48. The second kappa shape index (κ2) is 19.2. The summed E-state index contributed by atoms with van der Waals surface area (Å²) in [7, 11) is 2.61. The summed E-state index contributed by atoms with van der Waals surface area (Å²) < 4.78 is 8.85. The molecule has 0 radical (unpaired) electrons. The largest absolute Gasteiger partial charge is 0.469 e. The van der Waals surface area contributed by atoms with Crippen molar-refractivity contribution in [3.63, 3.8) is 0 Å². The van der Waals surface area contributed by atoms with E-state index in [4.69, 9.17) is 0 Å². The number of nitrogens with one attached hydrogen (secondary N) is 2. The lowest BCUT2D eigenvalue weighted by molar-refractivity contribution is -0.141. The summed E-state index contributed by atoms with van der Waals surface area (Å²) in [5.74, 6) is -1.28. The number of carbonyl (C=O) groups is 6. The minimum atomic E-state index is -0.462. The molecule has 0 saturated carbocycles. The maximum Gasteiger partial charge on any atom is 0.305 e. The first-order valence-corrected chi connectivity index (χ1v) is 9.67. The van der Waals surface area contributed by atoms with E-state index >= 15 is 0 Å². The normalized spacial score (nSPS) is 11.3. The summed E-state index contributed by atoms with van der Waals surface area (Å²) in [4.78, 5) is 65.5. The maximum atomic E-state index is 11.2. The average molecular weight is 447 g/mol. The van der Waals surface area contributed by atoms with E-state index in [0.717, 1.165) is 0 Å². The Morgan fingerprint density at radius 3 is 1.16 bits per heavy atom. The molecule has 0 aliphatic rings. The third-order valence-corrected chi connectivity index (χ3v) is 4.00. The highest BCUT2D eigenvalue weighted by Crippen LogP contribution is 1.98. The van der Waals surface area contributed by atoms with E-state index in [1.165, 1.54) is 28.1 Å². The Labute approximate surface area is 184 Å². The van der Waals surface area contributed by atoms with Crippen molar-refractivity contribution >= 4 is 35.3 Å². The van der Waals surface area contributed by atoms with Gasteiger partial charge in [0.05, 0.1) is 26.3 Å². The van der Waals surface area contributed by atoms with Crippen LogP contribution in [0.15, 0.2) is 0 Å². The van der Waals surface area contributed by atoms with Crippen molar-refractivity contribution in [3.05, 3.63) is 0 Å². The fourth-order valence-corrected chi connectivity index (χ4v) is 1.82. The lowest BCUT2D eigenvalue weighted by Crippen LogP contribution is -2.37. The van der Waals surface area contributed by atoms with Gasteiger partial charge in [0, 0.05) is 25.7 Å². The molecular formula is C21H38N2O8. The molecule has 180 valence electrons. The zero-order valence-electron chi connectivity index (χ0n) is 18.7. The van der Waals surface area contributed by atoms with Gasteiger partial charge in [0.25, 0.3) is 0 Å². The molecule has 0 saturated heterocycles. The van der Waals surface area contributed by atoms with Crippen molar-refractivity contribution in [2.45, 2.75) is 85.7 Å². The van der Waals surface area contributed by atoms with Crippen LogP contribution in [0.3, 0.4) is 0 Å². The zero-order chi connectivity index (χ0) is 23.7. The molecule has 0 aromatic carbocycles. The number of carbonyl (C=O) groups excluding carboxylic acids is 6. The summed E-state index contributed by atoms with van der Waals surface area (Å²) in [6.07, 6.45) is 1.77. The number of Topliss-reactive ketones (excluding diaryl/α,β-unsaturated/α-hetero) is 2. The average Bonchev–Trinajstić information content (AvgIpc) is 2.67. The molecule has 2 N–H and O–H groups in total. The lowest BCUT2D eigenvalue weighted by Gasteiger charge is -2.09. The van der Waals surface area contributed by atoms with Crippen molar-refractivity contribution in [3.8, 4) is 0 Å². The summed E-state index contributed by atoms with van der Waals surface area (Å²) in [5.41, 5.74) is 0. The van der Waals surface area contributed by atoms with Gasteiger partial charge in [-0.2, -0.15) is 0 Å². The molecule has 0 fully saturated rings. The number of esters is 2. The third kappa shape index (κ3) is 20.3. The summed E-state index contributed by atoms with van der Waals surface area (Å²) in [6, 6.07) is -0.925. The van der Waals surface area contributed by atoms with Crippen molar-refractivity contribution in [2.75, 3.05) is 14.2 Å². The van der Waals surface area contributed by atoms with Crippen LogP contribution in [-0.4, -0.2) is 61.6 Å². The van der Waals surface area contributed by atoms with Gasteiger partial charge < -0.3 is 20.1 Å². The number of rotatable bonds is 12. The van der Waals surface area contributed by atoms with E-state index in [-0.39, 0.29) is 68.4 Å². The first-order valence-electron chi connectivity index (χ1n) is 9.67. The van der Waals surface area contributed by atoms with Gasteiger partial charge in [-0.25, -0.2) is 0 Å². The number of amides is 2. The van der Waals surface area contributed by atoms with Gasteiger partial charge in [0.15, 0.2) is 11.6 Å². The molecule has 10 nitrogen and oxygen atoms in total. The van der Waals surface area contributed by atoms with E-state index in [2.05, 4.69) is 20.1 Å². The fourth-order valence-electron chi connectivity index (χ4n) is 1.82. The Morgan fingerprint density at radius 1 is 0.645 bits per heavy atom. The van der Waals surface area contributed by atoms with Crippen molar-refractivity contribution < 1.29 is 38.2 Å². The van der Waals surface area contributed by atoms with E-state index in [1.807, 2.05) is 0 Å². The molecule has 0 aliphatic carbocycles. The number of hydrogen-bond donors (Lipinski definition) is 2. The Balaban J connectivity index is -0.000000490. The molecule has 2 unspecified atom stereocenters. The molecule has 0 spiro atoms. The molecule has 0 aromatic heterocycles. The van der Waals surface area contributed by atoms with Crippen LogP contribution in [0.4, 0.5) is 0 Å². The summed E-state index contributed by atoms with van der Waals surface area (Å²) in [6.45, 7) is 6.08. The first-order chi connectivity index (χ1) is 13.9. The van der Waals surface area contributed by atoms with Gasteiger partial charge in [-0.1, -0.05) is 7.43 Å². The second-order valence-corrected chi connectivity index (χ2v) is 6.66. The highest BCUT2D eigenvalue weighted by molar-refractivity contribution is 5.87. The highest BCUT2D eigenvalue weighted by Gasteiger charge is 2.12. The molecule has 2 amide bonds. The van der Waals surface area contributed by atoms with Crippen molar-refractivity contribution in [2.24, 2.45) is 0 Å². The Hall–Kier alpha value is -2.78. The van der Waals surface area contributed by atoms with Gasteiger partial charge in [0.1, 0.15) is 0 Å². The maximum absolute atomic E-state index is 11.2. The topological polar surface area (TPSA) is 145 Å². The Bertz CT molecular complexity index is 552. The summed E-state index contributed by atoms with van der Waals surface area (Å²) >= 11 is 0. The van der Waals surface area contributed by atoms with Crippen LogP contribution in [0.1, 0.15) is 73.6 Å². The molecule has 0 rings (SSSR count). The van der Waals surface area contributed by atoms with Crippen LogP contribution < -0.4 is 10.6 Å².